The molecule has 0 unspecified atom stereocenters. The van der Waals surface area contributed by atoms with E-state index in [0.29, 0.717) is 0 Å². The summed E-state index contributed by atoms with van der Waals surface area (Å²) in [7, 11) is 2.28. The molecule has 100 valence electrons. The predicted octanol–water partition coefficient (Wildman–Crippen LogP) is 3.16. The highest BCUT2D eigenvalue weighted by atomic mass is 15.1. The molecule has 0 aromatic heterocycles. The normalized spacial score (nSPS) is 25.6. The van der Waals surface area contributed by atoms with Crippen LogP contribution in [0.3, 0.4) is 0 Å². The van der Waals surface area contributed by atoms with Gasteiger partial charge in [-0.15, -0.1) is 0 Å². The first-order valence-electron chi connectivity index (χ1n) is 7.65. The molecule has 0 atom stereocenters. The van der Waals surface area contributed by atoms with E-state index < -0.39 is 0 Å². The van der Waals surface area contributed by atoms with Crippen LogP contribution in [0.4, 0.5) is 0 Å². The fourth-order valence-electron chi connectivity index (χ4n) is 3.64. The topological polar surface area (TPSA) is 29.3 Å². The molecule has 0 aromatic rings. The summed E-state index contributed by atoms with van der Waals surface area (Å²) < 4.78 is 0. The van der Waals surface area contributed by atoms with E-state index in [9.17, 15) is 0 Å². The van der Waals surface area contributed by atoms with E-state index in [0.717, 1.165) is 5.92 Å². The average Bonchev–Trinajstić information content (AvgIpc) is 2.76. The van der Waals surface area contributed by atoms with Gasteiger partial charge in [0.25, 0.3) is 0 Å². The van der Waals surface area contributed by atoms with Crippen LogP contribution < -0.4 is 5.73 Å². The van der Waals surface area contributed by atoms with E-state index in [-0.39, 0.29) is 5.54 Å². The maximum atomic E-state index is 6.41. The Kier molecular flexibility index (Phi) is 4.87. The summed E-state index contributed by atoms with van der Waals surface area (Å²) in [5.74, 6) is 0.964. The summed E-state index contributed by atoms with van der Waals surface area (Å²) in [5.41, 5.74) is 6.60. The van der Waals surface area contributed by atoms with E-state index in [4.69, 9.17) is 5.73 Å². The minimum atomic E-state index is 0.181. The Balaban J connectivity index is 1.64. The zero-order chi connectivity index (χ0) is 12.1. The molecule has 2 aliphatic rings. The lowest BCUT2D eigenvalue weighted by Crippen LogP contribution is -2.40. The van der Waals surface area contributed by atoms with Crippen LogP contribution in [0, 0.1) is 5.92 Å². The van der Waals surface area contributed by atoms with Gasteiger partial charge in [-0.3, -0.25) is 0 Å². The van der Waals surface area contributed by atoms with Crippen molar-refractivity contribution in [2.24, 2.45) is 11.7 Å². The molecular formula is C15H30N2. The van der Waals surface area contributed by atoms with Crippen molar-refractivity contribution in [2.75, 3.05) is 20.1 Å². The van der Waals surface area contributed by atoms with Gasteiger partial charge in [0.05, 0.1) is 0 Å². The van der Waals surface area contributed by atoms with Crippen LogP contribution >= 0.6 is 0 Å². The van der Waals surface area contributed by atoms with Gasteiger partial charge in [-0.25, -0.2) is 0 Å². The van der Waals surface area contributed by atoms with Gasteiger partial charge >= 0.3 is 0 Å². The second-order valence-corrected chi connectivity index (χ2v) is 6.59. The van der Waals surface area contributed by atoms with Gasteiger partial charge in [-0.1, -0.05) is 32.1 Å². The molecule has 2 fully saturated rings. The Hall–Kier alpha value is -0.0800. The molecule has 17 heavy (non-hydrogen) atoms. The molecule has 0 aliphatic heterocycles. The summed E-state index contributed by atoms with van der Waals surface area (Å²) in [6.07, 6.45) is 13.7. The van der Waals surface area contributed by atoms with Crippen LogP contribution in [-0.2, 0) is 0 Å². The van der Waals surface area contributed by atoms with Crippen molar-refractivity contribution in [1.29, 1.82) is 0 Å². The van der Waals surface area contributed by atoms with Gasteiger partial charge in [0.15, 0.2) is 0 Å². The van der Waals surface area contributed by atoms with E-state index in [1.54, 1.807) is 0 Å². The molecule has 0 bridgehead atoms. The van der Waals surface area contributed by atoms with E-state index >= 15 is 0 Å². The molecule has 2 heteroatoms. The number of hydrogen-bond acceptors (Lipinski definition) is 2. The van der Waals surface area contributed by atoms with E-state index in [2.05, 4.69) is 11.9 Å². The van der Waals surface area contributed by atoms with Crippen LogP contribution in [0.2, 0.25) is 0 Å². The van der Waals surface area contributed by atoms with Crippen molar-refractivity contribution in [3.05, 3.63) is 0 Å². The fourth-order valence-corrected chi connectivity index (χ4v) is 3.64. The lowest BCUT2D eigenvalue weighted by molar-refractivity contribution is 0.215. The third-order valence-electron chi connectivity index (χ3n) is 4.89. The predicted molar refractivity (Wildman–Crippen MR) is 74.1 cm³/mol. The zero-order valence-corrected chi connectivity index (χ0v) is 11.6. The molecule has 0 saturated heterocycles. The Morgan fingerprint density at radius 3 is 2.35 bits per heavy atom. The lowest BCUT2D eigenvalue weighted by Gasteiger charge is -2.30. The lowest BCUT2D eigenvalue weighted by atomic mass is 9.88. The maximum Gasteiger partial charge on any atom is 0.0166 e. The minimum Gasteiger partial charge on any atom is -0.325 e. The van der Waals surface area contributed by atoms with Crippen LogP contribution in [0.1, 0.15) is 64.2 Å². The Labute approximate surface area is 107 Å². The zero-order valence-electron chi connectivity index (χ0n) is 11.6. The quantitative estimate of drug-likeness (QED) is 0.797. The van der Waals surface area contributed by atoms with Crippen molar-refractivity contribution in [2.45, 2.75) is 69.7 Å². The number of nitrogens with zero attached hydrogens (tertiary/aromatic N) is 1. The molecular weight excluding hydrogens is 208 g/mol. The Bertz CT molecular complexity index is 215. The number of nitrogens with two attached hydrogens (primary N) is 1. The first-order chi connectivity index (χ1) is 8.18. The molecule has 0 amide bonds. The van der Waals surface area contributed by atoms with Crippen molar-refractivity contribution in [3.63, 3.8) is 0 Å². The largest absolute Gasteiger partial charge is 0.325 e. The van der Waals surface area contributed by atoms with E-state index in [1.165, 1.54) is 77.3 Å². The third kappa shape index (κ3) is 4.26. The first kappa shape index (κ1) is 13.4. The fraction of sp³-hybridized carbons (Fsp3) is 1.00. The highest BCUT2D eigenvalue weighted by Crippen LogP contribution is 2.30. The molecule has 0 spiro atoms. The molecule has 0 aromatic carbocycles. The van der Waals surface area contributed by atoms with Gasteiger partial charge in [0.2, 0.25) is 0 Å². The van der Waals surface area contributed by atoms with Gasteiger partial charge < -0.3 is 10.6 Å². The molecule has 0 radical (unpaired) electrons. The molecule has 2 N–H and O–H groups in total. The minimum absolute atomic E-state index is 0.181. The Morgan fingerprint density at radius 1 is 1.06 bits per heavy atom. The van der Waals surface area contributed by atoms with Crippen LogP contribution in [0.15, 0.2) is 0 Å². The Morgan fingerprint density at radius 2 is 1.71 bits per heavy atom. The first-order valence-corrected chi connectivity index (χ1v) is 7.65. The van der Waals surface area contributed by atoms with Crippen LogP contribution in [-0.4, -0.2) is 30.6 Å². The van der Waals surface area contributed by atoms with Gasteiger partial charge in [-0.2, -0.15) is 0 Å². The van der Waals surface area contributed by atoms with Crippen molar-refractivity contribution in [1.82, 2.24) is 4.90 Å². The van der Waals surface area contributed by atoms with Gasteiger partial charge in [0.1, 0.15) is 0 Å². The monoisotopic (exact) mass is 238 g/mol. The summed E-state index contributed by atoms with van der Waals surface area (Å²) >= 11 is 0. The van der Waals surface area contributed by atoms with E-state index in [1.807, 2.05) is 0 Å². The third-order valence-corrected chi connectivity index (χ3v) is 4.89. The highest BCUT2D eigenvalue weighted by molar-refractivity contribution is 4.89. The summed E-state index contributed by atoms with van der Waals surface area (Å²) in [6, 6.07) is 0. The smallest absolute Gasteiger partial charge is 0.0166 e. The second-order valence-electron chi connectivity index (χ2n) is 6.59. The maximum absolute atomic E-state index is 6.41. The van der Waals surface area contributed by atoms with Crippen molar-refractivity contribution in [3.8, 4) is 0 Å². The van der Waals surface area contributed by atoms with Crippen LogP contribution in [0.25, 0.3) is 0 Å². The summed E-state index contributed by atoms with van der Waals surface area (Å²) in [6.45, 7) is 2.50. The SMILES string of the molecule is CN(CCC1(N)CCCC1)CC1CCCCC1. The molecule has 2 aliphatic carbocycles. The number of rotatable bonds is 5. The molecule has 0 heterocycles. The average molecular weight is 238 g/mol. The molecule has 2 nitrogen and oxygen atoms in total. The van der Waals surface area contributed by atoms with Crippen molar-refractivity contribution < 1.29 is 0 Å². The standard InChI is InChI=1S/C15H30N2/c1-17(13-14-7-3-2-4-8-14)12-11-15(16)9-5-6-10-15/h14H,2-13,16H2,1H3. The second kappa shape index (κ2) is 6.19. The van der Waals surface area contributed by atoms with Crippen LogP contribution in [0.5, 0.6) is 0 Å². The van der Waals surface area contributed by atoms with Crippen molar-refractivity contribution >= 4 is 0 Å². The molecule has 2 saturated carbocycles. The summed E-state index contributed by atoms with van der Waals surface area (Å²) in [4.78, 5) is 2.53. The summed E-state index contributed by atoms with van der Waals surface area (Å²) in [5, 5.41) is 0. The van der Waals surface area contributed by atoms with Gasteiger partial charge in [-0.05, 0) is 51.6 Å². The van der Waals surface area contributed by atoms with Gasteiger partial charge in [0, 0.05) is 12.1 Å². The number of hydrogen-bond donors (Lipinski definition) is 1. The highest BCUT2D eigenvalue weighted by Gasteiger charge is 2.29. The molecule has 2 rings (SSSR count).